The average Bonchev–Trinajstić information content (AvgIpc) is 3.03. The zero-order valence-corrected chi connectivity index (χ0v) is 12.8. The van der Waals surface area contributed by atoms with E-state index >= 15 is 0 Å². The molecule has 7 heteroatoms. The number of carboxylic acid groups (broad SMARTS) is 1. The maximum atomic E-state index is 12.3. The molecule has 1 unspecified atom stereocenters. The summed E-state index contributed by atoms with van der Waals surface area (Å²) in [6, 6.07) is 5.42. The summed E-state index contributed by atoms with van der Waals surface area (Å²) in [5.74, 6) is 0.506. The Labute approximate surface area is 134 Å². The highest BCUT2D eigenvalue weighted by Crippen LogP contribution is 2.42. The molecule has 0 radical (unpaired) electrons. The van der Waals surface area contributed by atoms with E-state index in [0.29, 0.717) is 31.3 Å². The van der Waals surface area contributed by atoms with Crippen molar-refractivity contribution < 1.29 is 24.2 Å². The van der Waals surface area contributed by atoms with Crippen molar-refractivity contribution in [2.24, 2.45) is 0 Å². The first-order chi connectivity index (χ1) is 11.2. The number of hydrogen-bond acceptors (Lipinski definition) is 4. The molecule has 2 amide bonds. The van der Waals surface area contributed by atoms with Crippen molar-refractivity contribution in [3.63, 3.8) is 0 Å². The molecular formula is C16H20N2O5. The van der Waals surface area contributed by atoms with Crippen LogP contribution < -0.4 is 14.8 Å². The summed E-state index contributed by atoms with van der Waals surface area (Å²) in [6.07, 6.45) is 1.68. The van der Waals surface area contributed by atoms with E-state index < -0.39 is 5.97 Å². The molecule has 23 heavy (non-hydrogen) atoms. The Balaban J connectivity index is 1.74. The predicted octanol–water partition coefficient (Wildman–Crippen LogP) is 1.78. The number of aliphatic carboxylic acids is 1. The summed E-state index contributed by atoms with van der Waals surface area (Å²) in [7, 11) is 0. The lowest BCUT2D eigenvalue weighted by Gasteiger charge is -2.29. The number of ether oxygens (including phenoxy) is 2. The van der Waals surface area contributed by atoms with Gasteiger partial charge in [-0.3, -0.25) is 4.79 Å². The van der Waals surface area contributed by atoms with Crippen LogP contribution in [-0.2, 0) is 4.79 Å². The Morgan fingerprint density at radius 2 is 2.13 bits per heavy atom. The first-order valence-corrected chi connectivity index (χ1v) is 7.81. The van der Waals surface area contributed by atoms with Gasteiger partial charge in [0, 0.05) is 18.7 Å². The zero-order chi connectivity index (χ0) is 16.2. The molecule has 2 N–H and O–H groups in total. The lowest BCUT2D eigenvalue weighted by molar-refractivity contribution is -0.136. The number of nitrogens with zero attached hydrogens (tertiary/aromatic N) is 1. The van der Waals surface area contributed by atoms with Gasteiger partial charge in [0.1, 0.15) is 13.2 Å². The van der Waals surface area contributed by atoms with E-state index in [0.717, 1.165) is 18.4 Å². The van der Waals surface area contributed by atoms with Crippen LogP contribution >= 0.6 is 0 Å². The predicted molar refractivity (Wildman–Crippen MR) is 81.8 cm³/mol. The Kier molecular flexibility index (Phi) is 4.55. The molecule has 0 spiro atoms. The summed E-state index contributed by atoms with van der Waals surface area (Å²) >= 11 is 0. The van der Waals surface area contributed by atoms with Crippen molar-refractivity contribution in [1.82, 2.24) is 10.2 Å². The highest BCUT2D eigenvalue weighted by Gasteiger charge is 2.33. The number of carbonyl (C=O) groups is 2. The molecule has 0 saturated carbocycles. The number of amides is 2. The molecular weight excluding hydrogens is 300 g/mol. The van der Waals surface area contributed by atoms with E-state index in [-0.39, 0.29) is 25.0 Å². The molecule has 1 aromatic rings. The smallest absolute Gasteiger partial charge is 0.317 e. The van der Waals surface area contributed by atoms with Crippen molar-refractivity contribution >= 4 is 12.0 Å². The number of fused-ring (bicyclic) bond motifs is 1. The molecule has 2 aliphatic heterocycles. The lowest BCUT2D eigenvalue weighted by atomic mass is 10.0. The van der Waals surface area contributed by atoms with Crippen molar-refractivity contribution in [2.75, 3.05) is 26.3 Å². The number of carbonyl (C=O) groups excluding carboxylic acids is 1. The Morgan fingerprint density at radius 3 is 2.96 bits per heavy atom. The maximum absolute atomic E-state index is 12.3. The summed E-state index contributed by atoms with van der Waals surface area (Å²) in [5.41, 5.74) is 0.952. The third-order valence-electron chi connectivity index (χ3n) is 4.08. The molecule has 2 heterocycles. The molecule has 0 aromatic heterocycles. The Hall–Kier alpha value is -2.44. The highest BCUT2D eigenvalue weighted by atomic mass is 16.6. The van der Waals surface area contributed by atoms with Gasteiger partial charge in [0.2, 0.25) is 0 Å². The molecule has 3 rings (SSSR count). The SMILES string of the molecule is O=C(O)CCNC(=O)N1CCCC1c1cccc2c1OCCO2. The summed E-state index contributed by atoms with van der Waals surface area (Å²) in [5, 5.41) is 11.3. The van der Waals surface area contributed by atoms with E-state index in [1.165, 1.54) is 0 Å². The Bertz CT molecular complexity index is 604. The van der Waals surface area contributed by atoms with Crippen LogP contribution in [0.1, 0.15) is 30.9 Å². The van der Waals surface area contributed by atoms with Crippen molar-refractivity contribution in [2.45, 2.75) is 25.3 Å². The molecule has 124 valence electrons. The van der Waals surface area contributed by atoms with Gasteiger partial charge < -0.3 is 24.8 Å². The lowest BCUT2D eigenvalue weighted by Crippen LogP contribution is -2.40. The van der Waals surface area contributed by atoms with Gasteiger partial charge in [-0.25, -0.2) is 4.79 Å². The number of carboxylic acids is 1. The Morgan fingerprint density at radius 1 is 1.30 bits per heavy atom. The summed E-state index contributed by atoms with van der Waals surface area (Å²) in [6.45, 7) is 1.81. The summed E-state index contributed by atoms with van der Waals surface area (Å²) < 4.78 is 11.3. The third-order valence-corrected chi connectivity index (χ3v) is 4.08. The first kappa shape index (κ1) is 15.5. The van der Waals surface area contributed by atoms with Gasteiger partial charge in [-0.15, -0.1) is 0 Å². The minimum atomic E-state index is -0.925. The zero-order valence-electron chi connectivity index (χ0n) is 12.8. The third kappa shape index (κ3) is 3.33. The minimum absolute atomic E-state index is 0.0727. The number of rotatable bonds is 4. The number of urea groups is 1. The first-order valence-electron chi connectivity index (χ1n) is 7.81. The van der Waals surface area contributed by atoms with Gasteiger partial charge in [0.05, 0.1) is 12.5 Å². The monoisotopic (exact) mass is 320 g/mol. The van der Waals surface area contributed by atoms with E-state index in [2.05, 4.69) is 5.32 Å². The molecule has 1 atom stereocenters. The van der Waals surface area contributed by atoms with Crippen molar-refractivity contribution in [3.05, 3.63) is 23.8 Å². The second-order valence-electron chi connectivity index (χ2n) is 5.60. The van der Waals surface area contributed by atoms with Gasteiger partial charge in [-0.1, -0.05) is 12.1 Å². The van der Waals surface area contributed by atoms with Crippen LogP contribution in [0.15, 0.2) is 18.2 Å². The van der Waals surface area contributed by atoms with E-state index in [4.69, 9.17) is 14.6 Å². The molecule has 7 nitrogen and oxygen atoms in total. The van der Waals surface area contributed by atoms with E-state index in [1.54, 1.807) is 4.90 Å². The van der Waals surface area contributed by atoms with Crippen LogP contribution in [0.5, 0.6) is 11.5 Å². The summed E-state index contributed by atoms with van der Waals surface area (Å²) in [4.78, 5) is 24.6. The van der Waals surface area contributed by atoms with Gasteiger partial charge in [0.15, 0.2) is 11.5 Å². The normalized spacial score (nSPS) is 19.5. The van der Waals surface area contributed by atoms with Crippen LogP contribution in [0.25, 0.3) is 0 Å². The molecule has 0 bridgehead atoms. The fourth-order valence-corrected chi connectivity index (χ4v) is 3.07. The van der Waals surface area contributed by atoms with Crippen LogP contribution in [0, 0.1) is 0 Å². The molecule has 1 fully saturated rings. The van der Waals surface area contributed by atoms with E-state index in [1.807, 2.05) is 18.2 Å². The highest BCUT2D eigenvalue weighted by molar-refractivity contribution is 5.76. The van der Waals surface area contributed by atoms with E-state index in [9.17, 15) is 9.59 Å². The molecule has 0 aliphatic carbocycles. The second-order valence-corrected chi connectivity index (χ2v) is 5.60. The molecule has 2 aliphatic rings. The van der Waals surface area contributed by atoms with Gasteiger partial charge in [-0.05, 0) is 18.9 Å². The number of likely N-dealkylation sites (tertiary alicyclic amines) is 1. The fourth-order valence-electron chi connectivity index (χ4n) is 3.07. The van der Waals surface area contributed by atoms with Crippen molar-refractivity contribution in [3.8, 4) is 11.5 Å². The largest absolute Gasteiger partial charge is 0.486 e. The van der Waals surface area contributed by atoms with Crippen LogP contribution in [0.4, 0.5) is 4.79 Å². The standard InChI is InChI=1S/C16H20N2O5/c19-14(20)6-7-17-16(21)18-8-2-4-12(18)11-3-1-5-13-15(11)23-10-9-22-13/h1,3,5,12H,2,4,6-10H2,(H,17,21)(H,19,20). The topological polar surface area (TPSA) is 88.1 Å². The second kappa shape index (κ2) is 6.76. The molecule has 1 saturated heterocycles. The van der Waals surface area contributed by atoms with Crippen LogP contribution in [0.2, 0.25) is 0 Å². The number of nitrogens with one attached hydrogen (secondary N) is 1. The number of hydrogen-bond donors (Lipinski definition) is 2. The minimum Gasteiger partial charge on any atom is -0.486 e. The molecule has 1 aromatic carbocycles. The fraction of sp³-hybridized carbons (Fsp3) is 0.500. The van der Waals surface area contributed by atoms with Crippen LogP contribution in [0.3, 0.4) is 0 Å². The van der Waals surface area contributed by atoms with Crippen molar-refractivity contribution in [1.29, 1.82) is 0 Å². The van der Waals surface area contributed by atoms with Crippen LogP contribution in [-0.4, -0.2) is 48.3 Å². The average molecular weight is 320 g/mol. The maximum Gasteiger partial charge on any atom is 0.317 e. The quantitative estimate of drug-likeness (QED) is 0.883. The van der Waals surface area contributed by atoms with Gasteiger partial charge in [-0.2, -0.15) is 0 Å². The number of para-hydroxylation sites is 1. The number of benzene rings is 1. The van der Waals surface area contributed by atoms with Gasteiger partial charge >= 0.3 is 12.0 Å². The van der Waals surface area contributed by atoms with Gasteiger partial charge in [0.25, 0.3) is 0 Å².